The first kappa shape index (κ1) is 31.4. The number of hydrogen-bond acceptors (Lipinski definition) is 8. The van der Waals surface area contributed by atoms with Gasteiger partial charge in [-0.3, -0.25) is 9.59 Å². The maximum Gasteiger partial charge on any atom is 2.00 e. The zero-order valence-corrected chi connectivity index (χ0v) is 15.2. The summed E-state index contributed by atoms with van der Waals surface area (Å²) in [5.41, 5.74) is 0. The smallest absolute Gasteiger partial charge is 0.359 e. The number of amides is 2. The van der Waals surface area contributed by atoms with Crippen molar-refractivity contribution in [2.75, 3.05) is 14.1 Å². The molecule has 12 nitrogen and oxygen atoms in total. The molecule has 0 radical (unpaired) electrons. The summed E-state index contributed by atoms with van der Waals surface area (Å²) in [6.07, 6.45) is 1.16. The molecule has 0 spiro atoms. The van der Waals surface area contributed by atoms with Gasteiger partial charge in [0, 0.05) is 26.9 Å². The van der Waals surface area contributed by atoms with Crippen molar-refractivity contribution in [1.82, 2.24) is 10.6 Å². The quantitative estimate of drug-likeness (QED) is 0.382. The Kier molecular flexibility index (Phi) is 39.6. The van der Waals surface area contributed by atoms with Crippen LogP contribution in [0.5, 0.6) is 0 Å². The molecular formula is C8H18N4O8Zn. The van der Waals surface area contributed by atoms with Crippen LogP contribution in [0.2, 0.25) is 0 Å². The molecule has 0 unspecified atom stereocenters. The number of carbonyl (C=O) groups is 2. The number of nitrogens with one attached hydrogen (secondary N) is 2. The minimum absolute atomic E-state index is 0. The molecule has 0 heterocycles. The summed E-state index contributed by atoms with van der Waals surface area (Å²) >= 11 is 0. The minimum Gasteiger partial charge on any atom is -0.359 e. The Morgan fingerprint density at radius 2 is 0.952 bits per heavy atom. The van der Waals surface area contributed by atoms with Crippen LogP contribution in [0.25, 0.3) is 0 Å². The molecule has 0 fully saturated rings. The zero-order valence-electron chi connectivity index (χ0n) is 12.3. The summed E-state index contributed by atoms with van der Waals surface area (Å²) in [7, 11) is 3.26. The molecule has 0 aromatic heterocycles. The molecule has 0 aromatic carbocycles. The van der Waals surface area contributed by atoms with Crippen LogP contribution in [0, 0.1) is 30.6 Å². The molecule has 0 atom stereocenters. The summed E-state index contributed by atoms with van der Waals surface area (Å²) in [6, 6.07) is 0. The van der Waals surface area contributed by atoms with E-state index >= 15 is 0 Å². The first-order valence-corrected chi connectivity index (χ1v) is 5.13. The Bertz CT molecular complexity index is 241. The fraction of sp³-hybridized carbons (Fsp3) is 0.750. The largest absolute Gasteiger partial charge is 2.00 e. The van der Waals surface area contributed by atoms with Crippen LogP contribution in [0.15, 0.2) is 0 Å². The maximum absolute atomic E-state index is 10.1. The molecule has 2 amide bonds. The first-order valence-electron chi connectivity index (χ1n) is 5.13. The predicted molar refractivity (Wildman–Crippen MR) is 69.4 cm³/mol. The van der Waals surface area contributed by atoms with Gasteiger partial charge >= 0.3 is 19.5 Å². The molecule has 120 valence electrons. The molecule has 21 heavy (non-hydrogen) atoms. The van der Waals surface area contributed by atoms with Crippen LogP contribution in [-0.2, 0) is 29.1 Å². The molecule has 0 aliphatic rings. The average molecular weight is 364 g/mol. The van der Waals surface area contributed by atoms with E-state index in [-0.39, 0.29) is 31.3 Å². The van der Waals surface area contributed by atoms with Gasteiger partial charge in [0.1, 0.15) is 0 Å². The van der Waals surface area contributed by atoms with Crippen molar-refractivity contribution < 1.29 is 39.2 Å². The summed E-state index contributed by atoms with van der Waals surface area (Å²) in [4.78, 5) is 36.6. The Morgan fingerprint density at radius 3 is 0.952 bits per heavy atom. The van der Waals surface area contributed by atoms with Crippen LogP contribution in [0.3, 0.4) is 0 Å². The molecule has 0 rings (SSSR count). The van der Waals surface area contributed by atoms with E-state index in [0.29, 0.717) is 12.8 Å². The molecule has 0 saturated carbocycles. The Labute approximate surface area is 133 Å². The fourth-order valence-corrected chi connectivity index (χ4v) is 0.354. The molecule has 0 bridgehead atoms. The van der Waals surface area contributed by atoms with Crippen molar-refractivity contribution >= 4 is 11.8 Å². The first-order chi connectivity index (χ1) is 9.08. The monoisotopic (exact) mass is 362 g/mol. The Balaban J connectivity index is -0.0000000544. The Morgan fingerprint density at radius 1 is 0.810 bits per heavy atom. The number of nitrogens with zero attached hydrogens (tertiary/aromatic N) is 2. The van der Waals surface area contributed by atoms with Crippen molar-refractivity contribution in [3.05, 3.63) is 30.6 Å². The van der Waals surface area contributed by atoms with Crippen LogP contribution >= 0.6 is 0 Å². The van der Waals surface area contributed by atoms with Crippen molar-refractivity contribution in [3.8, 4) is 0 Å². The summed E-state index contributed by atoms with van der Waals surface area (Å²) < 4.78 is 0. The minimum atomic E-state index is -1.75. The number of hydrogen-bond donors (Lipinski definition) is 2. The van der Waals surface area contributed by atoms with E-state index in [9.17, 15) is 9.59 Å². The van der Waals surface area contributed by atoms with Gasteiger partial charge in [0.05, 0.1) is 10.2 Å². The molecule has 0 aliphatic carbocycles. The normalized spacial score (nSPS) is 6.67. The predicted octanol–water partition coefficient (Wildman–Crippen LogP) is -0.196. The van der Waals surface area contributed by atoms with Crippen molar-refractivity contribution in [2.24, 2.45) is 0 Å². The van der Waals surface area contributed by atoms with Crippen LogP contribution in [-0.4, -0.2) is 36.1 Å². The van der Waals surface area contributed by atoms with Gasteiger partial charge in [0.15, 0.2) is 0 Å². The van der Waals surface area contributed by atoms with Crippen LogP contribution in [0.1, 0.15) is 26.7 Å². The van der Waals surface area contributed by atoms with E-state index in [4.69, 9.17) is 30.6 Å². The van der Waals surface area contributed by atoms with Gasteiger partial charge in [-0.15, -0.1) is 0 Å². The second-order valence-corrected chi connectivity index (χ2v) is 2.50. The van der Waals surface area contributed by atoms with E-state index in [1.807, 2.05) is 13.8 Å². The van der Waals surface area contributed by atoms with E-state index < -0.39 is 10.2 Å². The second kappa shape index (κ2) is 26.5. The fourth-order valence-electron chi connectivity index (χ4n) is 0.354. The summed E-state index contributed by atoms with van der Waals surface area (Å²) in [6.45, 7) is 3.64. The number of rotatable bonds is 2. The zero-order chi connectivity index (χ0) is 17.1. The topological polar surface area (TPSA) is 191 Å². The molecular weight excluding hydrogens is 345 g/mol. The molecule has 0 aromatic rings. The van der Waals surface area contributed by atoms with Crippen molar-refractivity contribution in [2.45, 2.75) is 26.7 Å². The van der Waals surface area contributed by atoms with E-state index in [1.54, 1.807) is 14.1 Å². The number of carbonyl (C=O) groups excluding carboxylic acids is 2. The van der Waals surface area contributed by atoms with Crippen molar-refractivity contribution in [1.29, 1.82) is 0 Å². The molecule has 13 heteroatoms. The third-order valence-corrected chi connectivity index (χ3v) is 1.20. The van der Waals surface area contributed by atoms with Crippen LogP contribution in [0.4, 0.5) is 0 Å². The molecule has 2 N–H and O–H groups in total. The molecule has 0 aliphatic heterocycles. The van der Waals surface area contributed by atoms with E-state index in [2.05, 4.69) is 10.6 Å². The summed E-state index contributed by atoms with van der Waals surface area (Å²) in [5.74, 6) is 0.185. The van der Waals surface area contributed by atoms with E-state index in [0.717, 1.165) is 0 Å². The van der Waals surface area contributed by atoms with E-state index in [1.165, 1.54) is 0 Å². The second-order valence-electron chi connectivity index (χ2n) is 2.50. The van der Waals surface area contributed by atoms with Gasteiger partial charge in [-0.2, -0.15) is 0 Å². The Hall–Kier alpha value is -2.04. The van der Waals surface area contributed by atoms with Gasteiger partial charge in [0.2, 0.25) is 11.8 Å². The van der Waals surface area contributed by atoms with Crippen LogP contribution < -0.4 is 10.6 Å². The van der Waals surface area contributed by atoms with Gasteiger partial charge in [-0.05, 0) is 0 Å². The van der Waals surface area contributed by atoms with Crippen molar-refractivity contribution in [3.63, 3.8) is 0 Å². The van der Waals surface area contributed by atoms with Gasteiger partial charge in [-0.25, -0.2) is 0 Å². The van der Waals surface area contributed by atoms with Gasteiger partial charge < -0.3 is 41.3 Å². The third-order valence-electron chi connectivity index (χ3n) is 1.20. The molecule has 0 saturated heterocycles. The standard InChI is InChI=1S/2C4H9NO.2NO3.Zn/c2*1-3-4(6)5-2;2*2-1(3)4;/h2*3H2,1-2H3,(H,5,6);;;/q;;2*-1;+2. The average Bonchev–Trinajstić information content (AvgIpc) is 2.36. The SMILES string of the molecule is CCC(=O)NC.CCC(=O)NC.O=[N+]([O-])[O-].O=[N+]([O-])[O-].[Zn+2]. The van der Waals surface area contributed by atoms with Gasteiger partial charge in [0.25, 0.3) is 0 Å². The summed E-state index contributed by atoms with van der Waals surface area (Å²) in [5, 5.41) is 34.5. The maximum atomic E-state index is 10.1. The third kappa shape index (κ3) is 129. The van der Waals surface area contributed by atoms with Gasteiger partial charge in [-0.1, -0.05) is 13.8 Å².